The minimum atomic E-state index is -0.298. The first-order valence-corrected chi connectivity index (χ1v) is 8.31. The maximum Gasteiger partial charge on any atom is 0.261 e. The first-order chi connectivity index (χ1) is 11.1. The van der Waals surface area contributed by atoms with E-state index in [0.717, 1.165) is 17.8 Å². The van der Waals surface area contributed by atoms with Gasteiger partial charge in [-0.1, -0.05) is 25.2 Å². The highest BCUT2D eigenvalue weighted by molar-refractivity contribution is 7.15. The predicted molar refractivity (Wildman–Crippen MR) is 90.7 cm³/mol. The van der Waals surface area contributed by atoms with Crippen molar-refractivity contribution in [2.75, 3.05) is 19.5 Å². The van der Waals surface area contributed by atoms with Crippen LogP contribution in [-0.2, 0) is 0 Å². The van der Waals surface area contributed by atoms with E-state index in [2.05, 4.69) is 29.4 Å². The van der Waals surface area contributed by atoms with Crippen molar-refractivity contribution in [1.29, 1.82) is 0 Å². The van der Waals surface area contributed by atoms with Crippen LogP contribution in [-0.4, -0.2) is 30.3 Å². The number of methoxy groups -OCH3 is 2. The summed E-state index contributed by atoms with van der Waals surface area (Å²) in [6.07, 6.45) is 2.01. The highest BCUT2D eigenvalue weighted by atomic mass is 32.1. The number of amides is 1. The Labute approximate surface area is 139 Å². The van der Waals surface area contributed by atoms with E-state index in [4.69, 9.17) is 9.47 Å². The molecular formula is C16H21N3O3S. The molecule has 0 aliphatic heterocycles. The fraction of sp³-hybridized carbons (Fsp3) is 0.438. The molecule has 1 aromatic heterocycles. The summed E-state index contributed by atoms with van der Waals surface area (Å²) < 4.78 is 10.4. The smallest absolute Gasteiger partial charge is 0.261 e. The normalized spacial score (nSPS) is 10.7. The molecule has 7 heteroatoms. The van der Waals surface area contributed by atoms with Gasteiger partial charge in [0.15, 0.2) is 0 Å². The second-order valence-corrected chi connectivity index (χ2v) is 5.99. The van der Waals surface area contributed by atoms with Crippen molar-refractivity contribution in [2.45, 2.75) is 32.6 Å². The molecule has 6 nitrogen and oxygen atoms in total. The van der Waals surface area contributed by atoms with Crippen molar-refractivity contribution in [1.82, 2.24) is 10.2 Å². The standard InChI is InChI=1S/C16H21N3O3S/c1-5-10(6-2)15-18-19-16(23-15)17-14(20)12-9-11(21-3)7-8-13(12)22-4/h7-10H,5-6H2,1-4H3,(H,17,19,20). The van der Waals surface area contributed by atoms with Gasteiger partial charge in [0.05, 0.1) is 19.8 Å². The number of rotatable bonds is 7. The summed E-state index contributed by atoms with van der Waals surface area (Å²) >= 11 is 1.41. The van der Waals surface area contributed by atoms with E-state index >= 15 is 0 Å². The molecule has 1 heterocycles. The highest BCUT2D eigenvalue weighted by Crippen LogP contribution is 2.29. The number of aromatic nitrogens is 2. The Morgan fingerprint density at radius 3 is 2.57 bits per heavy atom. The van der Waals surface area contributed by atoms with Gasteiger partial charge >= 0.3 is 0 Å². The summed E-state index contributed by atoms with van der Waals surface area (Å²) in [5.41, 5.74) is 0.395. The lowest BCUT2D eigenvalue weighted by molar-refractivity contribution is 0.102. The fourth-order valence-electron chi connectivity index (χ4n) is 2.24. The van der Waals surface area contributed by atoms with Crippen LogP contribution in [0.25, 0.3) is 0 Å². The number of nitrogens with one attached hydrogen (secondary N) is 1. The number of ether oxygens (including phenoxy) is 2. The van der Waals surface area contributed by atoms with E-state index in [0.29, 0.717) is 28.1 Å². The highest BCUT2D eigenvalue weighted by Gasteiger charge is 2.18. The van der Waals surface area contributed by atoms with E-state index in [1.54, 1.807) is 25.3 Å². The average molecular weight is 335 g/mol. The van der Waals surface area contributed by atoms with E-state index < -0.39 is 0 Å². The number of hydrogen-bond donors (Lipinski definition) is 1. The van der Waals surface area contributed by atoms with Gasteiger partial charge in [0.1, 0.15) is 16.5 Å². The maximum absolute atomic E-state index is 12.5. The minimum absolute atomic E-state index is 0.298. The summed E-state index contributed by atoms with van der Waals surface area (Å²) in [6.45, 7) is 4.24. The molecule has 0 aliphatic rings. The molecule has 124 valence electrons. The molecule has 0 saturated carbocycles. The van der Waals surface area contributed by atoms with Gasteiger partial charge in [-0.25, -0.2) is 0 Å². The summed E-state index contributed by atoms with van der Waals surface area (Å²) in [5.74, 6) is 1.15. The Morgan fingerprint density at radius 2 is 1.96 bits per heavy atom. The van der Waals surface area contributed by atoms with E-state index in [1.807, 2.05) is 0 Å². The lowest BCUT2D eigenvalue weighted by Gasteiger charge is -2.09. The summed E-state index contributed by atoms with van der Waals surface area (Å²) in [4.78, 5) is 12.5. The van der Waals surface area contributed by atoms with Crippen molar-refractivity contribution >= 4 is 22.4 Å². The quantitative estimate of drug-likeness (QED) is 0.835. The number of carbonyl (C=O) groups excluding carboxylic acids is 1. The number of nitrogens with zero attached hydrogens (tertiary/aromatic N) is 2. The van der Waals surface area contributed by atoms with Crippen LogP contribution >= 0.6 is 11.3 Å². The molecule has 0 atom stereocenters. The third-order valence-corrected chi connectivity index (χ3v) is 4.65. The Kier molecular flexibility index (Phi) is 5.92. The molecule has 0 aliphatic carbocycles. The zero-order valence-corrected chi connectivity index (χ0v) is 14.6. The Bertz CT molecular complexity index is 668. The zero-order valence-electron chi connectivity index (χ0n) is 13.8. The molecule has 1 aromatic carbocycles. The molecule has 0 saturated heterocycles. The van der Waals surface area contributed by atoms with Gasteiger partial charge in [-0.15, -0.1) is 10.2 Å². The van der Waals surface area contributed by atoms with Crippen molar-refractivity contribution in [3.63, 3.8) is 0 Å². The second kappa shape index (κ2) is 7.92. The van der Waals surface area contributed by atoms with Crippen LogP contribution in [0.2, 0.25) is 0 Å². The number of hydrogen-bond acceptors (Lipinski definition) is 6. The minimum Gasteiger partial charge on any atom is -0.497 e. The van der Waals surface area contributed by atoms with Gasteiger partial charge in [0, 0.05) is 5.92 Å². The topological polar surface area (TPSA) is 73.3 Å². The Balaban J connectivity index is 2.19. The number of carbonyl (C=O) groups is 1. The van der Waals surface area contributed by atoms with Gasteiger partial charge < -0.3 is 9.47 Å². The van der Waals surface area contributed by atoms with Crippen LogP contribution in [0.1, 0.15) is 48.0 Å². The SMILES string of the molecule is CCC(CC)c1nnc(NC(=O)c2cc(OC)ccc2OC)s1. The van der Waals surface area contributed by atoms with E-state index in [9.17, 15) is 4.79 Å². The zero-order chi connectivity index (χ0) is 16.8. The van der Waals surface area contributed by atoms with Crippen molar-refractivity contribution < 1.29 is 14.3 Å². The fourth-order valence-corrected chi connectivity index (χ4v) is 3.25. The molecule has 23 heavy (non-hydrogen) atoms. The van der Waals surface area contributed by atoms with E-state index in [-0.39, 0.29) is 5.91 Å². The third-order valence-electron chi connectivity index (χ3n) is 3.65. The van der Waals surface area contributed by atoms with Crippen molar-refractivity contribution in [3.05, 3.63) is 28.8 Å². The molecule has 0 radical (unpaired) electrons. The van der Waals surface area contributed by atoms with Crippen LogP contribution in [0.3, 0.4) is 0 Å². The number of benzene rings is 1. The molecular weight excluding hydrogens is 314 g/mol. The largest absolute Gasteiger partial charge is 0.497 e. The van der Waals surface area contributed by atoms with Crippen molar-refractivity contribution in [3.8, 4) is 11.5 Å². The lowest BCUT2D eigenvalue weighted by Crippen LogP contribution is -2.13. The molecule has 0 unspecified atom stereocenters. The molecule has 0 bridgehead atoms. The summed E-state index contributed by atoms with van der Waals surface area (Å²) in [7, 11) is 3.07. The molecule has 2 rings (SSSR count). The monoisotopic (exact) mass is 335 g/mol. The number of anilines is 1. The van der Waals surface area contributed by atoms with Crippen LogP contribution in [0, 0.1) is 0 Å². The van der Waals surface area contributed by atoms with Gasteiger partial charge in [-0.05, 0) is 31.0 Å². The lowest BCUT2D eigenvalue weighted by atomic mass is 10.1. The first-order valence-electron chi connectivity index (χ1n) is 7.49. The first kappa shape index (κ1) is 17.2. The van der Waals surface area contributed by atoms with Crippen LogP contribution in [0.4, 0.5) is 5.13 Å². The molecule has 0 fully saturated rings. The molecule has 2 aromatic rings. The summed E-state index contributed by atoms with van der Waals surface area (Å²) in [5, 5.41) is 12.5. The predicted octanol–water partition coefficient (Wildman–Crippen LogP) is 3.71. The Morgan fingerprint density at radius 1 is 1.22 bits per heavy atom. The molecule has 0 spiro atoms. The summed E-state index contributed by atoms with van der Waals surface area (Å²) in [6, 6.07) is 5.08. The van der Waals surface area contributed by atoms with Gasteiger partial charge in [-0.3, -0.25) is 10.1 Å². The van der Waals surface area contributed by atoms with Gasteiger partial charge in [0.25, 0.3) is 5.91 Å². The van der Waals surface area contributed by atoms with E-state index in [1.165, 1.54) is 18.4 Å². The van der Waals surface area contributed by atoms with Gasteiger partial charge in [0.2, 0.25) is 5.13 Å². The molecule has 1 amide bonds. The molecule has 1 N–H and O–H groups in total. The third kappa shape index (κ3) is 3.98. The Hall–Kier alpha value is -2.15. The van der Waals surface area contributed by atoms with Crippen LogP contribution < -0.4 is 14.8 Å². The van der Waals surface area contributed by atoms with Crippen LogP contribution in [0.5, 0.6) is 11.5 Å². The maximum atomic E-state index is 12.5. The van der Waals surface area contributed by atoms with Gasteiger partial charge in [-0.2, -0.15) is 0 Å². The van der Waals surface area contributed by atoms with Crippen molar-refractivity contribution in [2.24, 2.45) is 0 Å². The average Bonchev–Trinajstić information content (AvgIpc) is 3.03. The van der Waals surface area contributed by atoms with Crippen LogP contribution in [0.15, 0.2) is 18.2 Å². The second-order valence-electron chi connectivity index (χ2n) is 4.98.